The summed E-state index contributed by atoms with van der Waals surface area (Å²) in [6.07, 6.45) is 1.20. The van der Waals surface area contributed by atoms with Crippen LogP contribution in [0.1, 0.15) is 27.0 Å². The molecular formula is C27H30FN3O3S. The highest BCUT2D eigenvalue weighted by molar-refractivity contribution is 7.92. The van der Waals surface area contributed by atoms with E-state index >= 15 is 0 Å². The van der Waals surface area contributed by atoms with Gasteiger partial charge in [-0.1, -0.05) is 18.2 Å². The summed E-state index contributed by atoms with van der Waals surface area (Å²) in [4.78, 5) is 17.0. The summed E-state index contributed by atoms with van der Waals surface area (Å²) < 4.78 is 39.6. The number of nitrogens with zero attached hydrogens (tertiary/aromatic N) is 3. The Balaban J connectivity index is 1.42. The van der Waals surface area contributed by atoms with Crippen molar-refractivity contribution in [2.75, 3.05) is 41.6 Å². The number of hydrogen-bond acceptors (Lipinski definition) is 4. The number of benzene rings is 3. The molecule has 1 fully saturated rings. The number of rotatable bonds is 6. The topological polar surface area (TPSA) is 60.9 Å². The van der Waals surface area contributed by atoms with Crippen LogP contribution in [0.5, 0.6) is 0 Å². The largest absolute Gasteiger partial charge is 0.368 e. The number of anilines is 2. The van der Waals surface area contributed by atoms with E-state index in [9.17, 15) is 17.6 Å². The van der Waals surface area contributed by atoms with Gasteiger partial charge in [-0.3, -0.25) is 9.10 Å². The average Bonchev–Trinajstić information content (AvgIpc) is 2.84. The van der Waals surface area contributed by atoms with E-state index < -0.39 is 10.0 Å². The zero-order valence-electron chi connectivity index (χ0n) is 20.2. The van der Waals surface area contributed by atoms with Crippen molar-refractivity contribution < 1.29 is 17.6 Å². The van der Waals surface area contributed by atoms with E-state index in [1.165, 1.54) is 22.7 Å². The zero-order valence-corrected chi connectivity index (χ0v) is 21.1. The highest BCUT2D eigenvalue weighted by Gasteiger charge is 2.23. The van der Waals surface area contributed by atoms with Crippen molar-refractivity contribution in [2.24, 2.45) is 0 Å². The third-order valence-corrected chi connectivity index (χ3v) is 7.61. The first kappa shape index (κ1) is 24.7. The molecule has 1 saturated heterocycles. The van der Waals surface area contributed by atoms with Crippen LogP contribution in [0.2, 0.25) is 0 Å². The van der Waals surface area contributed by atoms with E-state index in [0.717, 1.165) is 22.4 Å². The minimum atomic E-state index is -3.49. The molecule has 184 valence electrons. The van der Waals surface area contributed by atoms with Gasteiger partial charge in [0, 0.05) is 37.4 Å². The van der Waals surface area contributed by atoms with E-state index in [0.29, 0.717) is 37.4 Å². The minimum absolute atomic E-state index is 0.0514. The second kappa shape index (κ2) is 10.1. The Morgan fingerprint density at radius 2 is 1.51 bits per heavy atom. The van der Waals surface area contributed by atoms with Crippen molar-refractivity contribution in [1.29, 1.82) is 0 Å². The van der Waals surface area contributed by atoms with Crippen molar-refractivity contribution in [3.05, 3.63) is 94.8 Å². The second-order valence-electron chi connectivity index (χ2n) is 8.99. The predicted octanol–water partition coefficient (Wildman–Crippen LogP) is 4.37. The van der Waals surface area contributed by atoms with Gasteiger partial charge >= 0.3 is 0 Å². The lowest BCUT2D eigenvalue weighted by Gasteiger charge is -2.36. The summed E-state index contributed by atoms with van der Waals surface area (Å²) >= 11 is 0. The highest BCUT2D eigenvalue weighted by Crippen LogP contribution is 2.24. The quantitative estimate of drug-likeness (QED) is 0.510. The SMILES string of the molecule is Cc1ccc(N(Cc2ccc(C(=O)N3CCN(c4ccc(F)cc4)CC3)cc2)S(C)(=O)=O)cc1C. The van der Waals surface area contributed by atoms with Crippen LogP contribution in [0, 0.1) is 19.7 Å². The molecule has 0 radical (unpaired) electrons. The number of amides is 1. The van der Waals surface area contributed by atoms with Crippen LogP contribution in [0.15, 0.2) is 66.7 Å². The predicted molar refractivity (Wildman–Crippen MR) is 138 cm³/mol. The maximum absolute atomic E-state index is 13.2. The molecule has 4 rings (SSSR count). The normalized spacial score (nSPS) is 14.2. The minimum Gasteiger partial charge on any atom is -0.368 e. The van der Waals surface area contributed by atoms with E-state index in [1.807, 2.05) is 36.9 Å². The molecule has 0 spiro atoms. The van der Waals surface area contributed by atoms with Gasteiger partial charge in [0.2, 0.25) is 10.0 Å². The van der Waals surface area contributed by atoms with Gasteiger partial charge in [0.15, 0.2) is 0 Å². The Morgan fingerprint density at radius 3 is 2.09 bits per heavy atom. The molecule has 3 aromatic rings. The van der Waals surface area contributed by atoms with Crippen molar-refractivity contribution in [1.82, 2.24) is 4.90 Å². The first-order valence-corrected chi connectivity index (χ1v) is 13.4. The molecule has 0 unspecified atom stereocenters. The summed E-state index contributed by atoms with van der Waals surface area (Å²) in [5, 5.41) is 0. The van der Waals surface area contributed by atoms with Crippen LogP contribution >= 0.6 is 0 Å². The second-order valence-corrected chi connectivity index (χ2v) is 10.9. The van der Waals surface area contributed by atoms with Gasteiger partial charge in [0.25, 0.3) is 5.91 Å². The molecular weight excluding hydrogens is 465 g/mol. The van der Waals surface area contributed by atoms with Crippen molar-refractivity contribution in [2.45, 2.75) is 20.4 Å². The first-order chi connectivity index (χ1) is 16.6. The Labute approximate surface area is 206 Å². The third kappa shape index (κ3) is 5.82. The van der Waals surface area contributed by atoms with Gasteiger partial charge in [-0.15, -0.1) is 0 Å². The van der Waals surface area contributed by atoms with Gasteiger partial charge < -0.3 is 9.80 Å². The number of carbonyl (C=O) groups excluding carboxylic acids is 1. The monoisotopic (exact) mass is 495 g/mol. The maximum atomic E-state index is 13.2. The standard InChI is InChI=1S/C27H30FN3O3S/c1-20-4-11-26(18-21(20)2)31(35(3,33)34)19-22-5-7-23(8-6-22)27(32)30-16-14-29(15-17-30)25-12-9-24(28)10-13-25/h4-13,18H,14-17,19H2,1-3H3. The molecule has 3 aromatic carbocycles. The summed E-state index contributed by atoms with van der Waals surface area (Å²) in [5.74, 6) is -0.316. The van der Waals surface area contributed by atoms with Gasteiger partial charge in [0.1, 0.15) is 5.82 Å². The van der Waals surface area contributed by atoms with E-state index in [1.54, 1.807) is 36.4 Å². The lowest BCUT2D eigenvalue weighted by atomic mass is 10.1. The van der Waals surface area contributed by atoms with Crippen molar-refractivity contribution >= 4 is 27.3 Å². The van der Waals surface area contributed by atoms with Gasteiger partial charge in [-0.05, 0) is 79.1 Å². The van der Waals surface area contributed by atoms with E-state index in [4.69, 9.17) is 0 Å². The summed E-state index contributed by atoms with van der Waals surface area (Å²) in [6, 6.07) is 19.1. The summed E-state index contributed by atoms with van der Waals surface area (Å²) in [7, 11) is -3.49. The molecule has 0 aliphatic carbocycles. The molecule has 35 heavy (non-hydrogen) atoms. The molecule has 0 N–H and O–H groups in total. The number of hydrogen-bond donors (Lipinski definition) is 0. The Hall–Kier alpha value is -3.39. The van der Waals surface area contributed by atoms with Gasteiger partial charge in [0.05, 0.1) is 18.5 Å². The number of carbonyl (C=O) groups is 1. The molecule has 1 heterocycles. The van der Waals surface area contributed by atoms with Crippen LogP contribution in [-0.2, 0) is 16.6 Å². The van der Waals surface area contributed by atoms with Crippen molar-refractivity contribution in [3.8, 4) is 0 Å². The van der Waals surface area contributed by atoms with Gasteiger partial charge in [-0.2, -0.15) is 0 Å². The molecule has 1 aliphatic heterocycles. The highest BCUT2D eigenvalue weighted by atomic mass is 32.2. The van der Waals surface area contributed by atoms with Crippen LogP contribution in [-0.4, -0.2) is 51.7 Å². The van der Waals surface area contributed by atoms with Crippen LogP contribution in [0.4, 0.5) is 15.8 Å². The molecule has 6 nitrogen and oxygen atoms in total. The fourth-order valence-electron chi connectivity index (χ4n) is 4.20. The number of sulfonamides is 1. The van der Waals surface area contributed by atoms with Crippen LogP contribution in [0.3, 0.4) is 0 Å². The fraction of sp³-hybridized carbons (Fsp3) is 0.296. The van der Waals surface area contributed by atoms with Crippen LogP contribution < -0.4 is 9.21 Å². The Kier molecular flexibility index (Phi) is 7.12. The zero-order chi connectivity index (χ0) is 25.2. The Bertz CT molecular complexity index is 1300. The first-order valence-electron chi connectivity index (χ1n) is 11.6. The molecule has 0 atom stereocenters. The summed E-state index contributed by atoms with van der Waals surface area (Å²) in [5.41, 5.74) is 5.06. The van der Waals surface area contributed by atoms with Crippen molar-refractivity contribution in [3.63, 3.8) is 0 Å². The number of piperazine rings is 1. The number of halogens is 1. The van der Waals surface area contributed by atoms with E-state index in [-0.39, 0.29) is 18.3 Å². The maximum Gasteiger partial charge on any atom is 0.253 e. The molecule has 0 bridgehead atoms. The average molecular weight is 496 g/mol. The van der Waals surface area contributed by atoms with Crippen LogP contribution in [0.25, 0.3) is 0 Å². The lowest BCUT2D eigenvalue weighted by Crippen LogP contribution is -2.48. The summed E-state index contributed by atoms with van der Waals surface area (Å²) in [6.45, 7) is 6.64. The number of aryl methyl sites for hydroxylation is 2. The lowest BCUT2D eigenvalue weighted by molar-refractivity contribution is 0.0746. The molecule has 1 amide bonds. The molecule has 8 heteroatoms. The van der Waals surface area contributed by atoms with Gasteiger partial charge in [-0.25, -0.2) is 12.8 Å². The molecule has 0 aromatic heterocycles. The molecule has 0 saturated carbocycles. The fourth-order valence-corrected chi connectivity index (χ4v) is 5.08. The molecule has 1 aliphatic rings. The van der Waals surface area contributed by atoms with E-state index in [2.05, 4.69) is 4.90 Å². The Morgan fingerprint density at radius 1 is 0.886 bits per heavy atom. The smallest absolute Gasteiger partial charge is 0.253 e. The third-order valence-electron chi connectivity index (χ3n) is 6.46.